The average molecular weight is 210 g/mol. The zero-order chi connectivity index (χ0) is 11.1. The second-order valence-corrected chi connectivity index (χ2v) is 4.66. The van der Waals surface area contributed by atoms with Gasteiger partial charge in [0.2, 0.25) is 0 Å². The van der Waals surface area contributed by atoms with Crippen LogP contribution in [-0.2, 0) is 0 Å². The van der Waals surface area contributed by atoms with E-state index in [-0.39, 0.29) is 0 Å². The minimum atomic E-state index is 0.793. The number of hydrogen-bond donors (Lipinski definition) is 1. The van der Waals surface area contributed by atoms with E-state index in [1.165, 1.54) is 44.2 Å². The van der Waals surface area contributed by atoms with E-state index in [1.54, 1.807) is 0 Å². The van der Waals surface area contributed by atoms with Gasteiger partial charge in [-0.25, -0.2) is 0 Å². The van der Waals surface area contributed by atoms with E-state index in [2.05, 4.69) is 23.7 Å². The van der Waals surface area contributed by atoms with Crippen LogP contribution >= 0.6 is 0 Å². The molecule has 0 amide bonds. The SMILES string of the molecule is C=C(CNC)CN1CCCCCC1CC. The van der Waals surface area contributed by atoms with Gasteiger partial charge in [-0.3, -0.25) is 4.90 Å². The number of likely N-dealkylation sites (N-methyl/N-ethyl adjacent to an activating group) is 1. The first-order chi connectivity index (χ1) is 7.27. The molecule has 1 aliphatic heterocycles. The highest BCUT2D eigenvalue weighted by atomic mass is 15.2. The molecule has 2 heteroatoms. The molecule has 0 aromatic heterocycles. The van der Waals surface area contributed by atoms with Gasteiger partial charge in [0.25, 0.3) is 0 Å². The number of hydrogen-bond acceptors (Lipinski definition) is 2. The molecule has 1 atom stereocenters. The molecule has 88 valence electrons. The molecule has 1 fully saturated rings. The molecule has 0 radical (unpaired) electrons. The first kappa shape index (κ1) is 12.7. The van der Waals surface area contributed by atoms with Crippen LogP contribution in [0.3, 0.4) is 0 Å². The van der Waals surface area contributed by atoms with E-state index in [0.29, 0.717) is 0 Å². The number of likely N-dealkylation sites (tertiary alicyclic amines) is 1. The predicted octanol–water partition coefficient (Wildman–Crippen LogP) is 2.42. The Labute approximate surface area is 94.7 Å². The second-order valence-electron chi connectivity index (χ2n) is 4.66. The molecular formula is C13H26N2. The van der Waals surface area contributed by atoms with Crippen molar-refractivity contribution in [2.24, 2.45) is 0 Å². The van der Waals surface area contributed by atoms with Crippen molar-refractivity contribution in [3.63, 3.8) is 0 Å². The van der Waals surface area contributed by atoms with Crippen molar-refractivity contribution in [3.8, 4) is 0 Å². The smallest absolute Gasteiger partial charge is 0.0205 e. The molecule has 1 N–H and O–H groups in total. The lowest BCUT2D eigenvalue weighted by molar-refractivity contribution is 0.210. The van der Waals surface area contributed by atoms with Gasteiger partial charge in [0.05, 0.1) is 0 Å². The highest BCUT2D eigenvalue weighted by Crippen LogP contribution is 2.19. The Morgan fingerprint density at radius 1 is 1.40 bits per heavy atom. The largest absolute Gasteiger partial charge is 0.316 e. The van der Waals surface area contributed by atoms with Gasteiger partial charge in [-0.2, -0.15) is 0 Å². The molecule has 1 aliphatic rings. The van der Waals surface area contributed by atoms with Crippen molar-refractivity contribution in [2.45, 2.75) is 45.1 Å². The molecule has 1 saturated heterocycles. The van der Waals surface area contributed by atoms with E-state index in [4.69, 9.17) is 0 Å². The summed E-state index contributed by atoms with van der Waals surface area (Å²) in [5, 5.41) is 3.18. The van der Waals surface area contributed by atoms with E-state index in [0.717, 1.165) is 19.1 Å². The molecule has 0 saturated carbocycles. The molecular weight excluding hydrogens is 184 g/mol. The van der Waals surface area contributed by atoms with Crippen molar-refractivity contribution < 1.29 is 0 Å². The van der Waals surface area contributed by atoms with E-state index in [1.807, 2.05) is 7.05 Å². The van der Waals surface area contributed by atoms with Crippen molar-refractivity contribution >= 4 is 0 Å². The molecule has 0 aromatic carbocycles. The normalized spacial score (nSPS) is 23.7. The lowest BCUT2D eigenvalue weighted by Gasteiger charge is -2.29. The van der Waals surface area contributed by atoms with Crippen LogP contribution in [0, 0.1) is 0 Å². The van der Waals surface area contributed by atoms with Crippen LogP contribution in [0.2, 0.25) is 0 Å². The summed E-state index contributed by atoms with van der Waals surface area (Å²) in [5.74, 6) is 0. The topological polar surface area (TPSA) is 15.3 Å². The van der Waals surface area contributed by atoms with Gasteiger partial charge >= 0.3 is 0 Å². The van der Waals surface area contributed by atoms with Gasteiger partial charge in [0.15, 0.2) is 0 Å². The highest BCUT2D eigenvalue weighted by molar-refractivity contribution is 5.00. The quantitative estimate of drug-likeness (QED) is 0.701. The minimum absolute atomic E-state index is 0.793. The third kappa shape index (κ3) is 4.35. The third-order valence-corrected chi connectivity index (χ3v) is 3.32. The molecule has 0 aromatic rings. The molecule has 0 aliphatic carbocycles. The monoisotopic (exact) mass is 210 g/mol. The summed E-state index contributed by atoms with van der Waals surface area (Å²) in [7, 11) is 1.99. The molecule has 0 bridgehead atoms. The zero-order valence-corrected chi connectivity index (χ0v) is 10.4. The fraction of sp³-hybridized carbons (Fsp3) is 0.846. The van der Waals surface area contributed by atoms with E-state index >= 15 is 0 Å². The van der Waals surface area contributed by atoms with Crippen LogP contribution in [0.4, 0.5) is 0 Å². The predicted molar refractivity (Wildman–Crippen MR) is 67.2 cm³/mol. The van der Waals surface area contributed by atoms with Crippen LogP contribution < -0.4 is 5.32 Å². The average Bonchev–Trinajstić information content (AvgIpc) is 2.43. The fourth-order valence-corrected chi connectivity index (χ4v) is 2.50. The van der Waals surface area contributed by atoms with Gasteiger partial charge in [-0.1, -0.05) is 26.3 Å². The maximum Gasteiger partial charge on any atom is 0.0205 e. The van der Waals surface area contributed by atoms with E-state index in [9.17, 15) is 0 Å². The molecule has 15 heavy (non-hydrogen) atoms. The summed E-state index contributed by atoms with van der Waals surface area (Å²) in [6, 6.07) is 0.793. The Balaban J connectivity index is 2.43. The maximum absolute atomic E-state index is 4.13. The molecule has 1 rings (SSSR count). The zero-order valence-electron chi connectivity index (χ0n) is 10.4. The second kappa shape index (κ2) is 7.02. The first-order valence-electron chi connectivity index (χ1n) is 6.33. The molecule has 1 unspecified atom stereocenters. The Morgan fingerprint density at radius 3 is 2.87 bits per heavy atom. The summed E-state index contributed by atoms with van der Waals surface area (Å²) in [6.45, 7) is 9.74. The molecule has 0 spiro atoms. The van der Waals surface area contributed by atoms with Crippen LogP contribution in [0.5, 0.6) is 0 Å². The third-order valence-electron chi connectivity index (χ3n) is 3.32. The van der Waals surface area contributed by atoms with Crippen LogP contribution in [0.1, 0.15) is 39.0 Å². The highest BCUT2D eigenvalue weighted by Gasteiger charge is 2.19. The van der Waals surface area contributed by atoms with Gasteiger partial charge in [-0.15, -0.1) is 0 Å². The Kier molecular flexibility index (Phi) is 5.96. The van der Waals surface area contributed by atoms with Gasteiger partial charge in [-0.05, 0) is 38.4 Å². The van der Waals surface area contributed by atoms with Crippen molar-refractivity contribution in [2.75, 3.05) is 26.7 Å². The molecule has 2 nitrogen and oxygen atoms in total. The van der Waals surface area contributed by atoms with Gasteiger partial charge in [0.1, 0.15) is 0 Å². The van der Waals surface area contributed by atoms with Crippen molar-refractivity contribution in [1.29, 1.82) is 0 Å². The molecule has 1 heterocycles. The summed E-state index contributed by atoms with van der Waals surface area (Å²) < 4.78 is 0. The lowest BCUT2D eigenvalue weighted by Crippen LogP contribution is -2.37. The minimum Gasteiger partial charge on any atom is -0.316 e. The lowest BCUT2D eigenvalue weighted by atomic mass is 10.1. The number of rotatable bonds is 5. The summed E-state index contributed by atoms with van der Waals surface area (Å²) in [6.07, 6.45) is 6.85. The number of nitrogens with zero attached hydrogens (tertiary/aromatic N) is 1. The van der Waals surface area contributed by atoms with Gasteiger partial charge < -0.3 is 5.32 Å². The Hall–Kier alpha value is -0.340. The van der Waals surface area contributed by atoms with Crippen LogP contribution in [-0.4, -0.2) is 37.6 Å². The van der Waals surface area contributed by atoms with Crippen molar-refractivity contribution in [1.82, 2.24) is 10.2 Å². The Bertz CT molecular complexity index is 189. The van der Waals surface area contributed by atoms with Crippen LogP contribution in [0.25, 0.3) is 0 Å². The van der Waals surface area contributed by atoms with Gasteiger partial charge in [0, 0.05) is 19.1 Å². The standard InChI is InChI=1S/C13H26N2/c1-4-13-8-6-5-7-9-15(13)11-12(2)10-14-3/h13-14H,2,4-11H2,1,3H3. The maximum atomic E-state index is 4.13. The summed E-state index contributed by atoms with van der Waals surface area (Å²) in [5.41, 5.74) is 1.32. The Morgan fingerprint density at radius 2 is 2.20 bits per heavy atom. The summed E-state index contributed by atoms with van der Waals surface area (Å²) in [4.78, 5) is 2.63. The van der Waals surface area contributed by atoms with Crippen LogP contribution in [0.15, 0.2) is 12.2 Å². The first-order valence-corrected chi connectivity index (χ1v) is 6.33. The van der Waals surface area contributed by atoms with E-state index < -0.39 is 0 Å². The van der Waals surface area contributed by atoms with Crippen molar-refractivity contribution in [3.05, 3.63) is 12.2 Å². The summed E-state index contributed by atoms with van der Waals surface area (Å²) >= 11 is 0. The fourth-order valence-electron chi connectivity index (χ4n) is 2.50. The number of nitrogens with one attached hydrogen (secondary N) is 1.